The first-order valence-electron chi connectivity index (χ1n) is 4.22. The quantitative estimate of drug-likeness (QED) is 0.743. The molecule has 0 radical (unpaired) electrons. The van der Waals surface area contributed by atoms with Crippen LogP contribution in [-0.2, 0) is 0 Å². The summed E-state index contributed by atoms with van der Waals surface area (Å²) in [4.78, 5) is 10.5. The molecule has 4 heteroatoms. The van der Waals surface area contributed by atoms with Crippen LogP contribution < -0.4 is 9.47 Å². The van der Waals surface area contributed by atoms with E-state index in [-0.39, 0.29) is 17.1 Å². The first kappa shape index (κ1) is 10.4. The first-order chi connectivity index (χ1) is 6.74. The third kappa shape index (κ3) is 1.79. The van der Waals surface area contributed by atoms with E-state index in [2.05, 4.69) is 0 Å². The van der Waals surface area contributed by atoms with Crippen molar-refractivity contribution in [3.05, 3.63) is 17.7 Å². The number of hydrogen-bond acceptors (Lipinski definition) is 4. The molecule has 0 aliphatic rings. The number of hydrogen-bond donors (Lipinski definition) is 1. The summed E-state index contributed by atoms with van der Waals surface area (Å²) in [5, 5.41) is 9.60. The number of benzene rings is 1. The second-order valence-corrected chi connectivity index (χ2v) is 2.59. The van der Waals surface area contributed by atoms with Crippen molar-refractivity contribution in [2.45, 2.75) is 6.92 Å². The molecule has 1 rings (SSSR count). The van der Waals surface area contributed by atoms with Crippen molar-refractivity contribution in [2.75, 3.05) is 13.7 Å². The topological polar surface area (TPSA) is 55.8 Å². The maximum atomic E-state index is 10.5. The van der Waals surface area contributed by atoms with Gasteiger partial charge in [0.25, 0.3) is 0 Å². The normalized spacial score (nSPS) is 9.57. The average molecular weight is 196 g/mol. The van der Waals surface area contributed by atoms with Crippen LogP contribution >= 0.6 is 0 Å². The van der Waals surface area contributed by atoms with Gasteiger partial charge in [-0.15, -0.1) is 0 Å². The molecule has 0 atom stereocenters. The van der Waals surface area contributed by atoms with E-state index in [1.54, 1.807) is 13.0 Å². The molecule has 4 nitrogen and oxygen atoms in total. The number of ether oxygens (including phenoxy) is 2. The zero-order valence-electron chi connectivity index (χ0n) is 8.11. The minimum Gasteiger partial charge on any atom is -0.504 e. The fraction of sp³-hybridized carbons (Fsp3) is 0.300. The lowest BCUT2D eigenvalue weighted by Gasteiger charge is -2.11. The molecule has 0 aromatic heterocycles. The zero-order valence-corrected chi connectivity index (χ0v) is 8.11. The fourth-order valence-electron chi connectivity index (χ4n) is 1.11. The molecule has 0 heterocycles. The van der Waals surface area contributed by atoms with Crippen molar-refractivity contribution in [1.29, 1.82) is 0 Å². The van der Waals surface area contributed by atoms with Gasteiger partial charge in [-0.05, 0) is 19.1 Å². The van der Waals surface area contributed by atoms with Crippen LogP contribution in [0.3, 0.4) is 0 Å². The summed E-state index contributed by atoms with van der Waals surface area (Å²) < 4.78 is 10.1. The van der Waals surface area contributed by atoms with Crippen molar-refractivity contribution in [3.8, 4) is 17.2 Å². The molecule has 0 bridgehead atoms. The minimum atomic E-state index is -0.179. The van der Waals surface area contributed by atoms with E-state index in [4.69, 9.17) is 9.47 Å². The van der Waals surface area contributed by atoms with Gasteiger partial charge in [-0.1, -0.05) is 0 Å². The predicted molar refractivity (Wildman–Crippen MR) is 51.2 cm³/mol. The Morgan fingerprint density at radius 1 is 1.50 bits per heavy atom. The molecule has 0 aliphatic heterocycles. The standard InChI is InChI=1S/C10H12O4/c1-3-14-10-8(13-2)5-4-7(6-11)9(10)12/h4-6,12H,3H2,1-2H3. The highest BCUT2D eigenvalue weighted by molar-refractivity contribution is 5.82. The van der Waals surface area contributed by atoms with E-state index in [1.165, 1.54) is 13.2 Å². The molecular weight excluding hydrogens is 184 g/mol. The summed E-state index contributed by atoms with van der Waals surface area (Å²) in [5.41, 5.74) is 0.189. The Morgan fingerprint density at radius 3 is 2.71 bits per heavy atom. The van der Waals surface area contributed by atoms with Crippen molar-refractivity contribution in [1.82, 2.24) is 0 Å². The molecule has 0 saturated carbocycles. The van der Waals surface area contributed by atoms with Crippen molar-refractivity contribution >= 4 is 6.29 Å². The van der Waals surface area contributed by atoms with Crippen LogP contribution in [0, 0.1) is 0 Å². The molecular formula is C10H12O4. The van der Waals surface area contributed by atoms with Gasteiger partial charge in [-0.3, -0.25) is 4.79 Å². The maximum absolute atomic E-state index is 10.5. The number of aromatic hydroxyl groups is 1. The third-order valence-electron chi connectivity index (χ3n) is 1.76. The van der Waals surface area contributed by atoms with Crippen LogP contribution in [-0.4, -0.2) is 25.1 Å². The molecule has 0 saturated heterocycles. The van der Waals surface area contributed by atoms with E-state index < -0.39 is 0 Å². The lowest BCUT2D eigenvalue weighted by atomic mass is 10.2. The minimum absolute atomic E-state index is 0.179. The fourth-order valence-corrected chi connectivity index (χ4v) is 1.11. The summed E-state index contributed by atoms with van der Waals surface area (Å²) >= 11 is 0. The SMILES string of the molecule is CCOc1c(OC)ccc(C=O)c1O. The average Bonchev–Trinajstić information content (AvgIpc) is 2.21. The van der Waals surface area contributed by atoms with Gasteiger partial charge in [-0.2, -0.15) is 0 Å². The van der Waals surface area contributed by atoms with Crippen LogP contribution in [0.1, 0.15) is 17.3 Å². The number of aldehydes is 1. The van der Waals surface area contributed by atoms with Gasteiger partial charge >= 0.3 is 0 Å². The number of carbonyl (C=O) groups excluding carboxylic acids is 1. The van der Waals surface area contributed by atoms with E-state index in [1.807, 2.05) is 0 Å². The summed E-state index contributed by atoms with van der Waals surface area (Å²) in [7, 11) is 1.47. The summed E-state index contributed by atoms with van der Waals surface area (Å²) in [5.74, 6) is 0.441. The Bertz CT molecular complexity index is 333. The number of phenols is 1. The van der Waals surface area contributed by atoms with E-state index in [9.17, 15) is 9.90 Å². The van der Waals surface area contributed by atoms with E-state index >= 15 is 0 Å². The number of phenolic OH excluding ortho intramolecular Hbond substituents is 1. The highest BCUT2D eigenvalue weighted by atomic mass is 16.5. The molecule has 1 N–H and O–H groups in total. The van der Waals surface area contributed by atoms with Crippen molar-refractivity contribution in [2.24, 2.45) is 0 Å². The zero-order chi connectivity index (χ0) is 10.6. The van der Waals surface area contributed by atoms with Gasteiger partial charge in [0.15, 0.2) is 17.8 Å². The monoisotopic (exact) mass is 196 g/mol. The smallest absolute Gasteiger partial charge is 0.204 e. The number of carbonyl (C=O) groups is 1. The Labute approximate surface area is 82.1 Å². The lowest BCUT2D eigenvalue weighted by molar-refractivity contribution is 0.112. The van der Waals surface area contributed by atoms with Crippen LogP contribution in [0.2, 0.25) is 0 Å². The van der Waals surface area contributed by atoms with Gasteiger partial charge in [0, 0.05) is 0 Å². The van der Waals surface area contributed by atoms with Crippen LogP contribution in [0.4, 0.5) is 0 Å². The molecule has 1 aromatic carbocycles. The largest absolute Gasteiger partial charge is 0.504 e. The third-order valence-corrected chi connectivity index (χ3v) is 1.76. The van der Waals surface area contributed by atoms with Gasteiger partial charge in [0.2, 0.25) is 5.75 Å². The molecule has 1 aromatic rings. The summed E-state index contributed by atoms with van der Waals surface area (Å²) in [6, 6.07) is 3.05. The second-order valence-electron chi connectivity index (χ2n) is 2.59. The van der Waals surface area contributed by atoms with Crippen molar-refractivity contribution < 1.29 is 19.4 Å². The Balaban J connectivity index is 3.23. The summed E-state index contributed by atoms with van der Waals surface area (Å²) in [6.07, 6.45) is 0.567. The maximum Gasteiger partial charge on any atom is 0.204 e. The Morgan fingerprint density at radius 2 is 2.21 bits per heavy atom. The molecule has 0 unspecified atom stereocenters. The van der Waals surface area contributed by atoms with Gasteiger partial charge in [0.05, 0.1) is 19.3 Å². The molecule has 14 heavy (non-hydrogen) atoms. The Hall–Kier alpha value is -1.71. The number of methoxy groups -OCH3 is 1. The molecule has 0 amide bonds. The van der Waals surface area contributed by atoms with Crippen LogP contribution in [0.25, 0.3) is 0 Å². The molecule has 76 valence electrons. The second kappa shape index (κ2) is 4.50. The highest BCUT2D eigenvalue weighted by Gasteiger charge is 2.13. The predicted octanol–water partition coefficient (Wildman–Crippen LogP) is 1.61. The lowest BCUT2D eigenvalue weighted by Crippen LogP contribution is -1.97. The Kier molecular flexibility index (Phi) is 3.34. The highest BCUT2D eigenvalue weighted by Crippen LogP contribution is 2.38. The van der Waals surface area contributed by atoms with E-state index in [0.29, 0.717) is 18.6 Å². The summed E-state index contributed by atoms with van der Waals surface area (Å²) in [6.45, 7) is 2.18. The van der Waals surface area contributed by atoms with E-state index in [0.717, 1.165) is 0 Å². The van der Waals surface area contributed by atoms with Gasteiger partial charge < -0.3 is 14.6 Å². The molecule has 0 fully saturated rings. The first-order valence-corrected chi connectivity index (χ1v) is 4.22. The molecule has 0 aliphatic carbocycles. The van der Waals surface area contributed by atoms with Gasteiger partial charge in [-0.25, -0.2) is 0 Å². The van der Waals surface area contributed by atoms with Crippen LogP contribution in [0.15, 0.2) is 12.1 Å². The molecule has 0 spiro atoms. The van der Waals surface area contributed by atoms with Crippen LogP contribution in [0.5, 0.6) is 17.2 Å². The van der Waals surface area contributed by atoms with Gasteiger partial charge in [0.1, 0.15) is 0 Å². The van der Waals surface area contributed by atoms with Crippen molar-refractivity contribution in [3.63, 3.8) is 0 Å². The number of rotatable bonds is 4.